The fraction of sp³-hybridized carbons (Fsp3) is 1.00. The molecular weight excluding hydrogens is 208 g/mol. The summed E-state index contributed by atoms with van der Waals surface area (Å²) in [4.78, 5) is 0. The van der Waals surface area contributed by atoms with Crippen LogP contribution in [0.1, 0.15) is 25.7 Å². The monoisotopic (exact) mass is 220 g/mol. The van der Waals surface area contributed by atoms with Crippen LogP contribution in [-0.4, -0.2) is 17.0 Å². The molecule has 0 fully saturated rings. The third-order valence-corrected chi connectivity index (χ3v) is 1.60. The molecule has 9 heavy (non-hydrogen) atoms. The molecule has 0 aromatic heterocycles. The van der Waals surface area contributed by atoms with E-state index in [2.05, 4.69) is 15.9 Å². The van der Waals surface area contributed by atoms with Crippen molar-refractivity contribution in [3.63, 3.8) is 0 Å². The number of unbranched alkanes of at least 4 members (excludes halogenated alkanes) is 3. The fourth-order valence-electron chi connectivity index (χ4n) is 0.560. The number of alkyl halides is 1. The van der Waals surface area contributed by atoms with Gasteiger partial charge >= 0.3 is 0 Å². The molecule has 0 saturated heterocycles. The van der Waals surface area contributed by atoms with E-state index in [4.69, 9.17) is 5.11 Å². The Labute approximate surface area is 95.3 Å². The Morgan fingerprint density at radius 1 is 1.00 bits per heavy atom. The van der Waals surface area contributed by atoms with E-state index in [-0.39, 0.29) is 37.7 Å². The van der Waals surface area contributed by atoms with Crippen molar-refractivity contribution in [2.45, 2.75) is 25.7 Å². The Kier molecular flexibility index (Phi) is 18.3. The van der Waals surface area contributed by atoms with Crippen molar-refractivity contribution in [3.8, 4) is 0 Å². The summed E-state index contributed by atoms with van der Waals surface area (Å²) in [6.45, 7) is 0.349. The van der Waals surface area contributed by atoms with E-state index >= 15 is 0 Å². The van der Waals surface area contributed by atoms with E-state index in [1.54, 1.807) is 0 Å². The van der Waals surface area contributed by atoms with Gasteiger partial charge in [-0.25, -0.2) is 0 Å². The standard InChI is InChI=1S/C6H13BrO.Ar/c7-5-3-1-2-4-6-8;/h8H,1-6H2;. The molecule has 0 saturated carbocycles. The molecular formula is C6H13ArBrO. The van der Waals surface area contributed by atoms with Gasteiger partial charge in [0, 0.05) is 49.7 Å². The molecule has 1 N–H and O–H groups in total. The molecule has 0 atom stereocenters. The largest absolute Gasteiger partial charge is 0.396 e. The van der Waals surface area contributed by atoms with Crippen LogP contribution in [0.2, 0.25) is 0 Å². The predicted molar refractivity (Wildman–Crippen MR) is 39.3 cm³/mol. The molecule has 0 heterocycles. The maximum Gasteiger partial charge on any atom is 0.0431 e. The fourth-order valence-corrected chi connectivity index (χ4v) is 0.956. The predicted octanol–water partition coefficient (Wildman–Crippen LogP) is 1.93. The van der Waals surface area contributed by atoms with Gasteiger partial charge in [0.15, 0.2) is 0 Å². The summed E-state index contributed by atoms with van der Waals surface area (Å²) in [5.74, 6) is 0. The van der Waals surface area contributed by atoms with Gasteiger partial charge in [0.2, 0.25) is 0 Å². The number of aliphatic hydroxyl groups excluding tert-OH is 1. The summed E-state index contributed by atoms with van der Waals surface area (Å²) >= 11 is 3.34. The van der Waals surface area contributed by atoms with Crippen LogP contribution in [0, 0.1) is 37.7 Å². The summed E-state index contributed by atoms with van der Waals surface area (Å²) in [6.07, 6.45) is 4.61. The number of aliphatic hydroxyl groups is 1. The van der Waals surface area contributed by atoms with Crippen LogP contribution in [-0.2, 0) is 0 Å². The molecule has 0 rings (SSSR count). The first kappa shape index (κ1) is 13.3. The normalized spacial score (nSPS) is 8.67. The van der Waals surface area contributed by atoms with Crippen LogP contribution in [0.5, 0.6) is 0 Å². The summed E-state index contributed by atoms with van der Waals surface area (Å²) in [5.41, 5.74) is 0. The van der Waals surface area contributed by atoms with E-state index in [0.29, 0.717) is 6.61 Å². The van der Waals surface area contributed by atoms with Gasteiger partial charge in [-0.3, -0.25) is 0 Å². The van der Waals surface area contributed by atoms with Gasteiger partial charge in [0.25, 0.3) is 0 Å². The van der Waals surface area contributed by atoms with Gasteiger partial charge in [0.05, 0.1) is 0 Å². The molecule has 0 unspecified atom stereocenters. The van der Waals surface area contributed by atoms with Gasteiger partial charge < -0.3 is 5.11 Å². The molecule has 58 valence electrons. The minimum absolute atomic E-state index is 0. The first-order valence-electron chi connectivity index (χ1n) is 3.08. The Balaban J connectivity index is 0. The van der Waals surface area contributed by atoms with Crippen LogP contribution in [0.4, 0.5) is 0 Å². The molecule has 0 aromatic rings. The molecule has 3 heteroatoms. The Bertz CT molecular complexity index is 38.0. The Morgan fingerprint density at radius 2 is 1.56 bits per heavy atom. The number of hydrogen-bond donors (Lipinski definition) is 1. The van der Waals surface area contributed by atoms with Crippen molar-refractivity contribution in [3.05, 3.63) is 0 Å². The maximum absolute atomic E-state index is 8.35. The van der Waals surface area contributed by atoms with Crippen LogP contribution >= 0.6 is 15.9 Å². The Hall–Kier alpha value is 1.70. The maximum atomic E-state index is 8.35. The molecule has 1 nitrogen and oxygen atoms in total. The molecule has 0 radical (unpaired) electrons. The third-order valence-electron chi connectivity index (χ3n) is 1.04. The SMILES string of the molecule is OCCCCCCBr.[Ar]. The molecule has 0 aliphatic rings. The molecule has 0 aliphatic carbocycles. The second-order valence-electron chi connectivity index (χ2n) is 1.83. The number of rotatable bonds is 5. The molecule has 0 spiro atoms. The third kappa shape index (κ3) is 12.8. The van der Waals surface area contributed by atoms with Crippen molar-refractivity contribution in [1.29, 1.82) is 0 Å². The van der Waals surface area contributed by atoms with E-state index in [1.807, 2.05) is 0 Å². The topological polar surface area (TPSA) is 20.2 Å². The smallest absolute Gasteiger partial charge is 0.0431 e. The second kappa shape index (κ2) is 12.4. The Morgan fingerprint density at radius 3 is 2.00 bits per heavy atom. The summed E-state index contributed by atoms with van der Waals surface area (Å²) in [5, 5.41) is 9.45. The van der Waals surface area contributed by atoms with Crippen molar-refractivity contribution in [2.75, 3.05) is 11.9 Å². The van der Waals surface area contributed by atoms with Crippen molar-refractivity contribution < 1.29 is 42.8 Å². The van der Waals surface area contributed by atoms with E-state index in [1.165, 1.54) is 19.3 Å². The van der Waals surface area contributed by atoms with Gasteiger partial charge in [-0.2, -0.15) is 0 Å². The number of hydrogen-bond acceptors (Lipinski definition) is 1. The molecule has 0 bridgehead atoms. The minimum Gasteiger partial charge on any atom is -0.396 e. The van der Waals surface area contributed by atoms with E-state index in [9.17, 15) is 0 Å². The van der Waals surface area contributed by atoms with Crippen LogP contribution in [0.25, 0.3) is 0 Å². The van der Waals surface area contributed by atoms with Crippen LogP contribution in [0.15, 0.2) is 0 Å². The van der Waals surface area contributed by atoms with Gasteiger partial charge in [-0.15, -0.1) is 0 Å². The summed E-state index contributed by atoms with van der Waals surface area (Å²) < 4.78 is 0. The zero-order chi connectivity index (χ0) is 6.24. The first-order chi connectivity index (χ1) is 3.91. The average molecular weight is 221 g/mol. The second-order valence-corrected chi connectivity index (χ2v) is 2.62. The van der Waals surface area contributed by atoms with Crippen molar-refractivity contribution in [1.82, 2.24) is 0 Å². The first-order valence-corrected chi connectivity index (χ1v) is 4.20. The summed E-state index contributed by atoms with van der Waals surface area (Å²) in [7, 11) is 0. The minimum atomic E-state index is 0. The van der Waals surface area contributed by atoms with E-state index < -0.39 is 0 Å². The number of halogens is 1. The summed E-state index contributed by atoms with van der Waals surface area (Å²) in [6, 6.07) is 0. The molecule has 0 aromatic carbocycles. The van der Waals surface area contributed by atoms with Gasteiger partial charge in [-0.05, 0) is 12.8 Å². The zero-order valence-electron chi connectivity index (χ0n) is 5.42. The van der Waals surface area contributed by atoms with Crippen molar-refractivity contribution >= 4 is 15.9 Å². The van der Waals surface area contributed by atoms with Gasteiger partial charge in [-0.1, -0.05) is 28.8 Å². The quantitative estimate of drug-likeness (QED) is 0.555. The van der Waals surface area contributed by atoms with E-state index in [0.717, 1.165) is 11.8 Å². The van der Waals surface area contributed by atoms with Gasteiger partial charge in [0.1, 0.15) is 0 Å². The zero-order valence-corrected chi connectivity index (χ0v) is 7.71. The molecule has 0 aliphatic heterocycles. The average Bonchev–Trinajstić information content (AvgIpc) is 1.81. The van der Waals surface area contributed by atoms with Crippen LogP contribution < -0.4 is 0 Å². The van der Waals surface area contributed by atoms with Crippen LogP contribution in [0.3, 0.4) is 0 Å². The van der Waals surface area contributed by atoms with Crippen molar-refractivity contribution in [2.24, 2.45) is 0 Å². The molecule has 0 amide bonds.